The molecule has 0 aromatic heterocycles. The zero-order valence-electron chi connectivity index (χ0n) is 14.4. The van der Waals surface area contributed by atoms with E-state index in [9.17, 15) is 9.59 Å². The molecule has 2 aliphatic heterocycles. The van der Waals surface area contributed by atoms with E-state index in [0.29, 0.717) is 36.7 Å². The van der Waals surface area contributed by atoms with Crippen LogP contribution in [0.1, 0.15) is 34.5 Å². The Morgan fingerprint density at radius 2 is 1.88 bits per heavy atom. The number of benzene rings is 2. The Bertz CT molecular complexity index is 863. The van der Waals surface area contributed by atoms with E-state index < -0.39 is 12.1 Å². The van der Waals surface area contributed by atoms with Crippen molar-refractivity contribution < 1.29 is 23.8 Å². The number of fused-ring (bicyclic) bond motifs is 2. The maximum atomic E-state index is 12.6. The van der Waals surface area contributed by atoms with Gasteiger partial charge in [0.15, 0.2) is 17.6 Å². The number of carbonyl (C=O) groups excluding carboxylic acids is 2. The predicted octanol–water partition coefficient (Wildman–Crippen LogP) is 2.42. The largest absolute Gasteiger partial charge is 0.486 e. The van der Waals surface area contributed by atoms with Crippen LogP contribution in [0.4, 0.5) is 0 Å². The summed E-state index contributed by atoms with van der Waals surface area (Å²) in [4.78, 5) is 24.7. The third kappa shape index (κ3) is 3.10. The molecule has 0 spiro atoms. The van der Waals surface area contributed by atoms with Gasteiger partial charge in [0.1, 0.15) is 13.2 Å². The van der Waals surface area contributed by atoms with Crippen molar-refractivity contribution in [2.24, 2.45) is 0 Å². The normalized spacial score (nSPS) is 19.1. The number of cyclic esters (lactones) is 1. The minimum Gasteiger partial charge on any atom is -0.486 e. The van der Waals surface area contributed by atoms with Gasteiger partial charge in [0, 0.05) is 6.42 Å². The molecule has 2 aromatic rings. The summed E-state index contributed by atoms with van der Waals surface area (Å²) in [5.74, 6) is 0.610. The van der Waals surface area contributed by atoms with Crippen molar-refractivity contribution in [3.8, 4) is 11.5 Å². The van der Waals surface area contributed by atoms with E-state index in [0.717, 1.165) is 11.1 Å². The van der Waals surface area contributed by atoms with Gasteiger partial charge in [0.05, 0.1) is 11.6 Å². The average Bonchev–Trinajstić information content (AvgIpc) is 2.67. The van der Waals surface area contributed by atoms with Gasteiger partial charge in [-0.3, -0.25) is 4.79 Å². The van der Waals surface area contributed by atoms with Crippen LogP contribution in [0.15, 0.2) is 42.5 Å². The third-order valence-corrected chi connectivity index (χ3v) is 4.61. The SMILES string of the molecule is CC(NC(=O)C1Cc2ccccc2C(=O)O1)c1ccc2c(c1)OCCO2. The highest BCUT2D eigenvalue weighted by atomic mass is 16.6. The number of amides is 1. The molecule has 0 aliphatic carbocycles. The third-order valence-electron chi connectivity index (χ3n) is 4.61. The molecule has 0 radical (unpaired) electrons. The van der Waals surface area contributed by atoms with Crippen LogP contribution >= 0.6 is 0 Å². The van der Waals surface area contributed by atoms with Gasteiger partial charge in [-0.1, -0.05) is 24.3 Å². The van der Waals surface area contributed by atoms with Gasteiger partial charge in [-0.05, 0) is 36.2 Å². The Labute approximate surface area is 151 Å². The van der Waals surface area contributed by atoms with Gasteiger partial charge in [0.25, 0.3) is 5.91 Å². The fourth-order valence-corrected chi connectivity index (χ4v) is 3.20. The van der Waals surface area contributed by atoms with Gasteiger partial charge < -0.3 is 19.5 Å². The molecule has 2 heterocycles. The van der Waals surface area contributed by atoms with Gasteiger partial charge in [0.2, 0.25) is 0 Å². The lowest BCUT2D eigenvalue weighted by molar-refractivity contribution is -0.131. The quantitative estimate of drug-likeness (QED) is 0.858. The highest BCUT2D eigenvalue weighted by Crippen LogP contribution is 2.32. The lowest BCUT2D eigenvalue weighted by Crippen LogP contribution is -2.42. The molecule has 134 valence electrons. The Balaban J connectivity index is 1.46. The van der Waals surface area contributed by atoms with Gasteiger partial charge in [-0.25, -0.2) is 4.79 Å². The van der Waals surface area contributed by atoms with Crippen molar-refractivity contribution in [1.29, 1.82) is 0 Å². The highest BCUT2D eigenvalue weighted by Gasteiger charge is 2.31. The molecule has 0 saturated heterocycles. The molecule has 2 aliphatic rings. The first-order valence-corrected chi connectivity index (χ1v) is 8.60. The summed E-state index contributed by atoms with van der Waals surface area (Å²) < 4.78 is 16.4. The number of carbonyl (C=O) groups is 2. The summed E-state index contributed by atoms with van der Waals surface area (Å²) >= 11 is 0. The number of ether oxygens (including phenoxy) is 3. The molecule has 6 nitrogen and oxygen atoms in total. The monoisotopic (exact) mass is 353 g/mol. The van der Waals surface area contributed by atoms with Crippen LogP contribution in [0.25, 0.3) is 0 Å². The van der Waals surface area contributed by atoms with E-state index in [2.05, 4.69) is 5.32 Å². The molecule has 2 unspecified atom stereocenters. The summed E-state index contributed by atoms with van der Waals surface area (Å²) in [6.07, 6.45) is -0.446. The molecule has 2 atom stereocenters. The van der Waals surface area contributed by atoms with Gasteiger partial charge in [-0.2, -0.15) is 0 Å². The molecule has 1 N–H and O–H groups in total. The average molecular weight is 353 g/mol. The highest BCUT2D eigenvalue weighted by molar-refractivity contribution is 5.95. The topological polar surface area (TPSA) is 73.9 Å². The molecule has 4 rings (SSSR count). The Kier molecular flexibility index (Phi) is 4.24. The van der Waals surface area contributed by atoms with E-state index >= 15 is 0 Å². The number of rotatable bonds is 3. The number of hydrogen-bond donors (Lipinski definition) is 1. The summed E-state index contributed by atoms with van der Waals surface area (Å²) in [6, 6.07) is 12.5. The van der Waals surface area contributed by atoms with Crippen molar-refractivity contribution in [2.45, 2.75) is 25.5 Å². The van der Waals surface area contributed by atoms with Crippen molar-refractivity contribution in [3.05, 3.63) is 59.2 Å². The van der Waals surface area contributed by atoms with Crippen LogP contribution in [0.2, 0.25) is 0 Å². The van der Waals surface area contributed by atoms with Crippen molar-refractivity contribution in [1.82, 2.24) is 5.32 Å². The maximum absolute atomic E-state index is 12.6. The summed E-state index contributed by atoms with van der Waals surface area (Å²) in [5, 5.41) is 2.91. The first-order valence-electron chi connectivity index (χ1n) is 8.60. The van der Waals surface area contributed by atoms with Crippen LogP contribution in [-0.4, -0.2) is 31.2 Å². The fraction of sp³-hybridized carbons (Fsp3) is 0.300. The molecule has 0 saturated carbocycles. The number of esters is 1. The smallest absolute Gasteiger partial charge is 0.339 e. The van der Waals surface area contributed by atoms with Crippen LogP contribution in [0.3, 0.4) is 0 Å². The molecule has 6 heteroatoms. The van der Waals surface area contributed by atoms with E-state index in [1.165, 1.54) is 0 Å². The second-order valence-corrected chi connectivity index (χ2v) is 6.39. The Morgan fingerprint density at radius 3 is 2.73 bits per heavy atom. The Hall–Kier alpha value is -3.02. The van der Waals surface area contributed by atoms with Crippen molar-refractivity contribution >= 4 is 11.9 Å². The van der Waals surface area contributed by atoms with Crippen LogP contribution in [0.5, 0.6) is 11.5 Å². The van der Waals surface area contributed by atoms with Gasteiger partial charge in [-0.15, -0.1) is 0 Å². The number of nitrogens with one attached hydrogen (secondary N) is 1. The van der Waals surface area contributed by atoms with E-state index in [1.807, 2.05) is 37.3 Å². The van der Waals surface area contributed by atoms with Crippen LogP contribution in [0, 0.1) is 0 Å². The molecular formula is C20H19NO5. The second-order valence-electron chi connectivity index (χ2n) is 6.39. The molecule has 26 heavy (non-hydrogen) atoms. The van der Waals surface area contributed by atoms with E-state index in [-0.39, 0.29) is 11.9 Å². The lowest BCUT2D eigenvalue weighted by atomic mass is 9.98. The molecule has 2 aromatic carbocycles. The standard InChI is InChI=1S/C20H19NO5/c1-12(13-6-7-16-17(10-13)25-9-8-24-16)21-19(22)18-11-14-4-2-3-5-15(14)20(23)26-18/h2-7,10,12,18H,8-9,11H2,1H3,(H,21,22). The predicted molar refractivity (Wildman–Crippen MR) is 93.3 cm³/mol. The van der Waals surface area contributed by atoms with E-state index in [4.69, 9.17) is 14.2 Å². The van der Waals surface area contributed by atoms with Crippen molar-refractivity contribution in [3.63, 3.8) is 0 Å². The van der Waals surface area contributed by atoms with E-state index in [1.54, 1.807) is 12.1 Å². The maximum Gasteiger partial charge on any atom is 0.339 e. The molecule has 1 amide bonds. The summed E-state index contributed by atoms with van der Waals surface area (Å²) in [7, 11) is 0. The molecule has 0 bridgehead atoms. The zero-order chi connectivity index (χ0) is 18.1. The first kappa shape index (κ1) is 16.4. The zero-order valence-corrected chi connectivity index (χ0v) is 14.4. The van der Waals surface area contributed by atoms with Crippen molar-refractivity contribution in [2.75, 3.05) is 13.2 Å². The summed E-state index contributed by atoms with van der Waals surface area (Å²) in [6.45, 7) is 2.92. The minimum atomic E-state index is -0.822. The van der Waals surface area contributed by atoms with Crippen LogP contribution in [-0.2, 0) is 16.0 Å². The number of hydrogen-bond acceptors (Lipinski definition) is 5. The lowest BCUT2D eigenvalue weighted by Gasteiger charge is -2.26. The van der Waals surface area contributed by atoms with Gasteiger partial charge >= 0.3 is 5.97 Å². The second kappa shape index (κ2) is 6.71. The Morgan fingerprint density at radius 1 is 1.12 bits per heavy atom. The molecule has 0 fully saturated rings. The summed E-state index contributed by atoms with van der Waals surface area (Å²) in [5.41, 5.74) is 2.25. The fourth-order valence-electron chi connectivity index (χ4n) is 3.20. The van der Waals surface area contributed by atoms with Crippen LogP contribution < -0.4 is 14.8 Å². The molecular weight excluding hydrogens is 334 g/mol. The minimum absolute atomic E-state index is 0.255. The first-order chi connectivity index (χ1) is 12.6.